The lowest BCUT2D eigenvalue weighted by Crippen LogP contribution is -2.36. The van der Waals surface area contributed by atoms with E-state index in [4.69, 9.17) is 4.74 Å². The van der Waals surface area contributed by atoms with Crippen molar-refractivity contribution in [1.29, 1.82) is 0 Å². The minimum atomic E-state index is -3.17. The molecule has 1 aromatic heterocycles. The van der Waals surface area contributed by atoms with E-state index < -0.39 is 10.0 Å². The van der Waals surface area contributed by atoms with Crippen molar-refractivity contribution in [3.63, 3.8) is 0 Å². The molecule has 1 amide bonds. The topological polar surface area (TPSA) is 116 Å². The van der Waals surface area contributed by atoms with Gasteiger partial charge in [0.1, 0.15) is 12.4 Å². The van der Waals surface area contributed by atoms with E-state index in [9.17, 15) is 13.2 Å². The Balaban J connectivity index is 0.000000318. The molecule has 2 heterocycles. The lowest BCUT2D eigenvalue weighted by atomic mass is 9.95. The molecule has 9 heteroatoms. The van der Waals surface area contributed by atoms with Crippen LogP contribution >= 0.6 is 0 Å². The minimum Gasteiger partial charge on any atom is -0.491 e. The van der Waals surface area contributed by atoms with Gasteiger partial charge in [-0.15, -0.1) is 0 Å². The molecule has 1 aromatic carbocycles. The number of carbonyl (C=O) groups is 1. The number of aromatic nitrogens is 2. The Morgan fingerprint density at radius 2 is 2.07 bits per heavy atom. The third kappa shape index (κ3) is 6.06. The Morgan fingerprint density at radius 3 is 2.73 bits per heavy atom. The Bertz CT molecular complexity index is 965. The minimum absolute atomic E-state index is 0.00927. The van der Waals surface area contributed by atoms with Crippen molar-refractivity contribution in [3.8, 4) is 17.0 Å². The fourth-order valence-corrected chi connectivity index (χ4v) is 4.34. The van der Waals surface area contributed by atoms with Crippen molar-refractivity contribution >= 4 is 15.9 Å². The van der Waals surface area contributed by atoms with Gasteiger partial charge in [0.2, 0.25) is 10.0 Å². The molecule has 0 saturated heterocycles. The summed E-state index contributed by atoms with van der Waals surface area (Å²) in [6.45, 7) is 3.15. The van der Waals surface area contributed by atoms with Gasteiger partial charge in [0.05, 0.1) is 30.5 Å². The van der Waals surface area contributed by atoms with E-state index in [1.807, 2.05) is 30.7 Å². The molecule has 1 saturated carbocycles. The van der Waals surface area contributed by atoms with E-state index in [0.717, 1.165) is 36.4 Å². The molecule has 164 valence electrons. The third-order valence-corrected chi connectivity index (χ3v) is 6.23. The molecule has 2 aromatic rings. The fraction of sp³-hybridized carbons (Fsp3) is 0.524. The van der Waals surface area contributed by atoms with Crippen LogP contribution in [-0.2, 0) is 16.6 Å². The van der Waals surface area contributed by atoms with Gasteiger partial charge in [-0.3, -0.25) is 4.79 Å². The molecule has 0 bridgehead atoms. The maximum atomic E-state index is 12.6. The van der Waals surface area contributed by atoms with Crippen LogP contribution in [-0.4, -0.2) is 42.3 Å². The van der Waals surface area contributed by atoms with Gasteiger partial charge in [-0.05, 0) is 37.5 Å². The largest absolute Gasteiger partial charge is 0.491 e. The van der Waals surface area contributed by atoms with Crippen molar-refractivity contribution < 1.29 is 17.9 Å². The number of amides is 1. The second kappa shape index (κ2) is 10.1. The Labute approximate surface area is 177 Å². The van der Waals surface area contributed by atoms with E-state index in [-0.39, 0.29) is 11.7 Å². The van der Waals surface area contributed by atoms with Crippen LogP contribution in [0.25, 0.3) is 11.3 Å². The zero-order valence-corrected chi connectivity index (χ0v) is 18.2. The first-order chi connectivity index (χ1) is 14.4. The van der Waals surface area contributed by atoms with Gasteiger partial charge in [-0.25, -0.2) is 18.5 Å². The van der Waals surface area contributed by atoms with E-state index in [1.54, 1.807) is 6.92 Å². The predicted molar refractivity (Wildman–Crippen MR) is 116 cm³/mol. The number of benzene rings is 1. The molecule has 0 radical (unpaired) electrons. The molecule has 8 nitrogen and oxygen atoms in total. The van der Waals surface area contributed by atoms with Gasteiger partial charge in [0.25, 0.3) is 5.91 Å². The number of imidazole rings is 1. The van der Waals surface area contributed by atoms with Gasteiger partial charge in [-0.2, -0.15) is 0 Å². The quantitative estimate of drug-likeness (QED) is 0.767. The normalized spacial score (nSPS) is 16.2. The predicted octanol–water partition coefficient (Wildman–Crippen LogP) is 2.69. The second-order valence-electron chi connectivity index (χ2n) is 7.71. The highest BCUT2D eigenvalue weighted by Crippen LogP contribution is 2.33. The van der Waals surface area contributed by atoms with E-state index >= 15 is 0 Å². The molecule has 0 atom stereocenters. The monoisotopic (exact) mass is 434 g/mol. The Kier molecular flexibility index (Phi) is 7.49. The molecule has 2 aliphatic rings. The highest BCUT2D eigenvalue weighted by Gasteiger charge is 2.20. The molecule has 1 aliphatic heterocycles. The highest BCUT2D eigenvalue weighted by molar-refractivity contribution is 7.89. The van der Waals surface area contributed by atoms with E-state index in [1.165, 1.54) is 19.3 Å². The van der Waals surface area contributed by atoms with E-state index in [2.05, 4.69) is 20.0 Å². The zero-order valence-electron chi connectivity index (χ0n) is 17.3. The first-order valence-corrected chi connectivity index (χ1v) is 12.2. The van der Waals surface area contributed by atoms with Crippen LogP contribution < -0.4 is 15.2 Å². The van der Waals surface area contributed by atoms with Crippen LogP contribution in [0.2, 0.25) is 0 Å². The summed E-state index contributed by atoms with van der Waals surface area (Å²) in [4.78, 5) is 16.8. The van der Waals surface area contributed by atoms with Gasteiger partial charge in [0, 0.05) is 17.2 Å². The number of fused-ring (bicyclic) bond motifs is 3. The Morgan fingerprint density at radius 1 is 1.30 bits per heavy atom. The average Bonchev–Trinajstić information content (AvgIpc) is 3.10. The van der Waals surface area contributed by atoms with Crippen molar-refractivity contribution in [3.05, 3.63) is 36.3 Å². The molecule has 0 unspecified atom stereocenters. The van der Waals surface area contributed by atoms with Gasteiger partial charge in [0.15, 0.2) is 0 Å². The average molecular weight is 435 g/mol. The molecule has 3 N–H and O–H groups in total. The molecule has 0 spiro atoms. The summed E-state index contributed by atoms with van der Waals surface area (Å²) in [5.41, 5.74) is 2.63. The second-order valence-corrected chi connectivity index (χ2v) is 9.44. The number of nitrogens with zero attached hydrogens (tertiary/aromatic N) is 2. The first-order valence-electron chi connectivity index (χ1n) is 10.5. The summed E-state index contributed by atoms with van der Waals surface area (Å²) >= 11 is 0. The number of rotatable bonds is 4. The molecular weight excluding hydrogens is 404 g/mol. The van der Waals surface area contributed by atoms with Gasteiger partial charge in [-0.1, -0.05) is 26.2 Å². The molecule has 30 heavy (non-hydrogen) atoms. The van der Waals surface area contributed by atoms with Crippen LogP contribution in [0.5, 0.6) is 5.75 Å². The Hall–Kier alpha value is -2.39. The molecular formula is C21H30N4O4S. The number of primary sulfonamides is 1. The van der Waals surface area contributed by atoms with Crippen LogP contribution in [0.15, 0.2) is 30.7 Å². The lowest BCUT2D eigenvalue weighted by molar-refractivity contribution is 0.0927. The van der Waals surface area contributed by atoms with Crippen molar-refractivity contribution in [2.45, 2.75) is 58.0 Å². The maximum Gasteiger partial charge on any atom is 0.251 e. The number of hydrogen-bond acceptors (Lipinski definition) is 5. The van der Waals surface area contributed by atoms with Crippen LogP contribution in [0, 0.1) is 0 Å². The van der Waals surface area contributed by atoms with Gasteiger partial charge >= 0.3 is 0 Å². The van der Waals surface area contributed by atoms with Crippen LogP contribution in [0.3, 0.4) is 0 Å². The summed E-state index contributed by atoms with van der Waals surface area (Å²) in [5, 5.41) is 7.79. The summed E-state index contributed by atoms with van der Waals surface area (Å²) < 4.78 is 27.9. The number of nitrogens with two attached hydrogens (primary N) is 1. The van der Waals surface area contributed by atoms with Crippen molar-refractivity contribution in [1.82, 2.24) is 14.9 Å². The maximum absolute atomic E-state index is 12.6. The third-order valence-electron chi connectivity index (χ3n) is 5.25. The fourth-order valence-electron chi connectivity index (χ4n) is 3.77. The van der Waals surface area contributed by atoms with Crippen molar-refractivity contribution in [2.24, 2.45) is 5.14 Å². The molecule has 1 aliphatic carbocycles. The summed E-state index contributed by atoms with van der Waals surface area (Å²) in [7, 11) is -3.17. The number of nitrogens with one attached hydrogen (secondary N) is 1. The lowest BCUT2D eigenvalue weighted by Gasteiger charge is -2.23. The standard InChI is InChI=1S/C18H21N3O2.C3H9NO2S/c22-18(20-14-4-2-1-3-5-14)13-6-7-17-15(10-13)16-11-19-12-21(16)8-9-23-17;1-2-3-7(4,5)6/h6-7,10-12,14H,1-5,8-9H2,(H,20,22);2-3H2,1H3,(H2,4,5,6). The molecule has 1 fully saturated rings. The number of carbonyl (C=O) groups excluding carboxylic acids is 1. The van der Waals surface area contributed by atoms with Crippen molar-refractivity contribution in [2.75, 3.05) is 12.4 Å². The van der Waals surface area contributed by atoms with Crippen LogP contribution in [0.1, 0.15) is 55.8 Å². The zero-order chi connectivity index (χ0) is 21.6. The summed E-state index contributed by atoms with van der Waals surface area (Å²) in [6.07, 6.45) is 10.1. The van der Waals surface area contributed by atoms with E-state index in [0.29, 0.717) is 24.6 Å². The SMILES string of the molecule is CCCS(N)(=O)=O.O=C(NC1CCCCC1)c1ccc2c(c1)-c1cncn1CCO2. The summed E-state index contributed by atoms with van der Waals surface area (Å²) in [6, 6.07) is 5.99. The van der Waals surface area contributed by atoms with Gasteiger partial charge < -0.3 is 14.6 Å². The smallest absolute Gasteiger partial charge is 0.251 e. The van der Waals surface area contributed by atoms with Crippen LogP contribution in [0.4, 0.5) is 0 Å². The summed E-state index contributed by atoms with van der Waals surface area (Å²) in [5.74, 6) is 0.918. The number of sulfonamides is 1. The molecule has 4 rings (SSSR count). The number of hydrogen-bond donors (Lipinski definition) is 2. The highest BCUT2D eigenvalue weighted by atomic mass is 32.2. The first kappa shape index (κ1) is 22.3. The number of ether oxygens (including phenoxy) is 1.